The molecule has 0 saturated carbocycles. The smallest absolute Gasteiger partial charge is 0.217 e. The number of rotatable bonds is 3. The predicted molar refractivity (Wildman–Crippen MR) is 91.8 cm³/mol. The van der Waals surface area contributed by atoms with Crippen LogP contribution in [-0.2, 0) is 0 Å². The third-order valence-corrected chi connectivity index (χ3v) is 4.89. The van der Waals surface area contributed by atoms with Crippen LogP contribution in [0.4, 0.5) is 0 Å². The van der Waals surface area contributed by atoms with Crippen molar-refractivity contribution in [3.05, 3.63) is 77.6 Å². The lowest BCUT2D eigenvalue weighted by atomic mass is 10.3. The Morgan fingerprint density at radius 1 is 0.875 bits per heavy atom. The third-order valence-electron chi connectivity index (χ3n) is 3.85. The van der Waals surface area contributed by atoms with Gasteiger partial charge >= 0.3 is 6.33 Å². The van der Waals surface area contributed by atoms with Crippen LogP contribution in [0.2, 0.25) is 0 Å². The van der Waals surface area contributed by atoms with Crippen LogP contribution in [0.15, 0.2) is 67.0 Å². The molecule has 0 aliphatic carbocycles. The third kappa shape index (κ3) is 2.51. The Labute approximate surface area is 144 Å². The van der Waals surface area contributed by atoms with Gasteiger partial charge in [0.1, 0.15) is 4.80 Å². The van der Waals surface area contributed by atoms with Crippen LogP contribution in [0, 0.1) is 13.8 Å². The largest absolute Gasteiger partial charge is 0.440 e. The zero-order valence-electron chi connectivity index (χ0n) is 13.5. The molecule has 0 unspecified atom stereocenters. The van der Waals surface area contributed by atoms with Gasteiger partial charge in [-0.15, -0.1) is 0 Å². The lowest BCUT2D eigenvalue weighted by Crippen LogP contribution is -2.53. The average molecular weight is 335 g/mol. The van der Waals surface area contributed by atoms with Crippen LogP contribution < -0.4 is 9.48 Å². The normalized spacial score (nSPS) is 10.9. The fraction of sp³-hybridized carbons (Fsp3) is 0.111. The molecule has 0 atom stereocenters. The van der Waals surface area contributed by atoms with Gasteiger partial charge in [-0.3, -0.25) is 0 Å². The van der Waals surface area contributed by atoms with E-state index in [2.05, 4.69) is 24.2 Å². The lowest BCUT2D eigenvalue weighted by Gasteiger charge is -1.97. The van der Waals surface area contributed by atoms with Gasteiger partial charge in [-0.1, -0.05) is 47.7 Å². The van der Waals surface area contributed by atoms with Gasteiger partial charge in [-0.25, -0.2) is 4.98 Å². The number of para-hydroxylation sites is 2. The zero-order chi connectivity index (χ0) is 16.5. The molecule has 4 aromatic rings. The molecule has 0 N–H and O–H groups in total. The number of hydrogen-bond donors (Lipinski definition) is 0. The van der Waals surface area contributed by atoms with Gasteiger partial charge < -0.3 is 0 Å². The summed E-state index contributed by atoms with van der Waals surface area (Å²) >= 11 is 1.66. The molecule has 4 rings (SSSR count). The molecule has 2 aromatic heterocycles. The minimum Gasteiger partial charge on any atom is -0.217 e. The van der Waals surface area contributed by atoms with Crippen LogP contribution in [0.1, 0.15) is 10.6 Å². The van der Waals surface area contributed by atoms with Gasteiger partial charge in [-0.05, 0) is 30.7 Å². The Morgan fingerprint density at radius 3 is 2.08 bits per heavy atom. The molecule has 0 saturated heterocycles. The number of thiazole rings is 1. The van der Waals surface area contributed by atoms with Gasteiger partial charge in [-0.2, -0.15) is 0 Å². The fourth-order valence-corrected chi connectivity index (χ4v) is 3.39. The summed E-state index contributed by atoms with van der Waals surface area (Å²) in [5.74, 6) is 0. The summed E-state index contributed by atoms with van der Waals surface area (Å²) in [6, 6.07) is 20.2. The van der Waals surface area contributed by atoms with Crippen molar-refractivity contribution in [1.29, 1.82) is 0 Å². The molecule has 0 bridgehead atoms. The Morgan fingerprint density at radius 2 is 1.50 bits per heavy atom. The van der Waals surface area contributed by atoms with E-state index in [-0.39, 0.29) is 0 Å². The van der Waals surface area contributed by atoms with Gasteiger partial charge in [0.15, 0.2) is 5.69 Å². The summed E-state index contributed by atoms with van der Waals surface area (Å²) < 4.78 is 2.00. The summed E-state index contributed by atoms with van der Waals surface area (Å²) in [6.45, 7) is 4.12. The minimum absolute atomic E-state index is 0.884. The van der Waals surface area contributed by atoms with Crippen LogP contribution >= 0.6 is 11.3 Å². The van der Waals surface area contributed by atoms with Crippen molar-refractivity contribution in [3.63, 3.8) is 0 Å². The fourth-order valence-electron chi connectivity index (χ4n) is 2.50. The van der Waals surface area contributed by atoms with Gasteiger partial charge in [0.2, 0.25) is 5.69 Å². The topological polar surface area (TPSA) is 38.5 Å². The minimum atomic E-state index is 0.884. The SMILES string of the molecule is Cc1nc(-n2[n+](-c3ccccc3)cn[n+]2-c2ccccc2)sc1C. The predicted octanol–water partition coefficient (Wildman–Crippen LogP) is 2.50. The first-order valence-corrected chi connectivity index (χ1v) is 8.53. The maximum Gasteiger partial charge on any atom is 0.440 e. The number of benzene rings is 2. The molecule has 118 valence electrons. The van der Waals surface area contributed by atoms with E-state index in [1.54, 1.807) is 11.3 Å². The Bertz CT molecular complexity index is 897. The number of aromatic nitrogens is 5. The summed E-state index contributed by atoms with van der Waals surface area (Å²) in [5, 5.41) is 5.47. The zero-order valence-corrected chi connectivity index (χ0v) is 14.3. The van der Waals surface area contributed by atoms with Crippen molar-refractivity contribution in [2.45, 2.75) is 13.8 Å². The first-order chi connectivity index (χ1) is 11.7. The highest BCUT2D eigenvalue weighted by Gasteiger charge is 2.31. The standard InChI is InChI=1S/C18H17N5S/c1-14-15(2)24-18(20-14)23-21(16-9-5-3-6-10-16)13-19-22(23)17-11-7-4-8-12-17/h3-13H,1-2H3/q+2. The first-order valence-electron chi connectivity index (χ1n) is 7.71. The van der Waals surface area contributed by atoms with Crippen molar-refractivity contribution in [1.82, 2.24) is 14.9 Å². The Kier molecular flexibility index (Phi) is 3.66. The van der Waals surface area contributed by atoms with Crippen molar-refractivity contribution in [2.24, 2.45) is 0 Å². The molecular weight excluding hydrogens is 318 g/mol. The summed E-state index contributed by atoms with van der Waals surface area (Å²) in [5.41, 5.74) is 3.06. The molecule has 2 heterocycles. The second kappa shape index (κ2) is 5.98. The van der Waals surface area contributed by atoms with Crippen LogP contribution in [0.5, 0.6) is 0 Å². The number of hydrogen-bond acceptors (Lipinski definition) is 3. The van der Waals surface area contributed by atoms with E-state index in [0.29, 0.717) is 0 Å². The molecule has 0 aliphatic rings. The average Bonchev–Trinajstić information content (AvgIpc) is 3.20. The number of nitrogens with zero attached hydrogens (tertiary/aromatic N) is 5. The molecule has 6 heteroatoms. The highest BCUT2D eigenvalue weighted by atomic mass is 32.1. The first kappa shape index (κ1) is 14.7. The van der Waals surface area contributed by atoms with Crippen LogP contribution in [-0.4, -0.2) is 14.9 Å². The molecule has 0 amide bonds. The number of aryl methyl sites for hydroxylation is 2. The summed E-state index contributed by atoms with van der Waals surface area (Å²) in [7, 11) is 0. The van der Waals surface area contributed by atoms with Gasteiger partial charge in [0.25, 0.3) is 10.2 Å². The van der Waals surface area contributed by atoms with E-state index < -0.39 is 0 Å². The summed E-state index contributed by atoms with van der Waals surface area (Å²) in [6.07, 6.45) is 1.81. The second-order valence-corrected chi connectivity index (χ2v) is 6.65. The summed E-state index contributed by atoms with van der Waals surface area (Å²) in [4.78, 5) is 9.79. The van der Waals surface area contributed by atoms with Crippen molar-refractivity contribution < 1.29 is 9.48 Å². The molecule has 24 heavy (non-hydrogen) atoms. The maximum absolute atomic E-state index is 4.72. The van der Waals surface area contributed by atoms with E-state index in [1.807, 2.05) is 76.1 Å². The van der Waals surface area contributed by atoms with Crippen LogP contribution in [0.3, 0.4) is 0 Å². The highest BCUT2D eigenvalue weighted by Crippen LogP contribution is 2.18. The van der Waals surface area contributed by atoms with E-state index in [9.17, 15) is 0 Å². The van der Waals surface area contributed by atoms with Crippen molar-refractivity contribution in [2.75, 3.05) is 0 Å². The highest BCUT2D eigenvalue weighted by molar-refractivity contribution is 7.14. The van der Waals surface area contributed by atoms with E-state index in [1.165, 1.54) is 4.88 Å². The quantitative estimate of drug-likeness (QED) is 0.540. The van der Waals surface area contributed by atoms with E-state index in [0.717, 1.165) is 22.2 Å². The molecule has 0 radical (unpaired) electrons. The maximum atomic E-state index is 4.72. The van der Waals surface area contributed by atoms with Crippen molar-refractivity contribution >= 4 is 11.3 Å². The van der Waals surface area contributed by atoms with Gasteiger partial charge in [0, 0.05) is 17.0 Å². The van der Waals surface area contributed by atoms with E-state index >= 15 is 0 Å². The van der Waals surface area contributed by atoms with Gasteiger partial charge in [0.05, 0.1) is 10.5 Å². The van der Waals surface area contributed by atoms with Crippen LogP contribution in [0.25, 0.3) is 16.5 Å². The molecular formula is C18H17N5S+2. The monoisotopic (exact) mass is 335 g/mol. The Balaban J connectivity index is 1.98. The number of tetrazole rings is 1. The molecule has 0 spiro atoms. The molecule has 0 fully saturated rings. The molecule has 0 aliphatic heterocycles. The van der Waals surface area contributed by atoms with E-state index in [4.69, 9.17) is 4.98 Å². The van der Waals surface area contributed by atoms with Crippen molar-refractivity contribution in [3.8, 4) is 16.5 Å². The molecule has 2 aromatic carbocycles. The lowest BCUT2D eigenvalue weighted by molar-refractivity contribution is -0.853. The molecule has 5 nitrogen and oxygen atoms in total. The Hall–Kier alpha value is -2.86. The second-order valence-electron chi connectivity index (χ2n) is 5.46.